The van der Waals surface area contributed by atoms with E-state index in [1.807, 2.05) is 26.2 Å². The van der Waals surface area contributed by atoms with E-state index in [9.17, 15) is 9.59 Å². The van der Waals surface area contributed by atoms with Crippen LogP contribution in [-0.2, 0) is 28.9 Å². The zero-order valence-electron chi connectivity index (χ0n) is 18.7. The van der Waals surface area contributed by atoms with Gasteiger partial charge in [0, 0.05) is 38.0 Å². The number of carbonyl (C=O) groups is 2. The molecule has 0 bridgehead atoms. The van der Waals surface area contributed by atoms with E-state index < -0.39 is 5.60 Å². The molecule has 1 aliphatic rings. The van der Waals surface area contributed by atoms with Gasteiger partial charge in [-0.1, -0.05) is 24.3 Å². The minimum atomic E-state index is -0.475. The Labute approximate surface area is 188 Å². The highest BCUT2D eigenvalue weighted by Crippen LogP contribution is 2.18. The summed E-state index contributed by atoms with van der Waals surface area (Å²) in [6.07, 6.45) is 2.35. The highest BCUT2D eigenvalue weighted by Gasteiger charge is 2.26. The molecule has 7 nitrogen and oxygen atoms in total. The van der Waals surface area contributed by atoms with Crippen molar-refractivity contribution in [3.8, 4) is 0 Å². The molecule has 2 amide bonds. The second kappa shape index (κ2) is 10.2. The van der Waals surface area contributed by atoms with Crippen molar-refractivity contribution >= 4 is 28.5 Å². The number of carbonyl (C=O) groups excluding carboxylic acids is 2. The van der Waals surface area contributed by atoms with Crippen molar-refractivity contribution in [1.82, 2.24) is 15.2 Å². The maximum absolute atomic E-state index is 12.0. The van der Waals surface area contributed by atoms with Gasteiger partial charge in [0.15, 0.2) is 5.13 Å². The maximum Gasteiger partial charge on any atom is 0.407 e. The Kier molecular flexibility index (Phi) is 7.67. The van der Waals surface area contributed by atoms with Crippen LogP contribution in [0.1, 0.15) is 50.9 Å². The quantitative estimate of drug-likeness (QED) is 0.675. The topological polar surface area (TPSA) is 83.6 Å². The van der Waals surface area contributed by atoms with Crippen LogP contribution in [0, 0.1) is 0 Å². The first-order valence-electron chi connectivity index (χ1n) is 10.7. The summed E-state index contributed by atoms with van der Waals surface area (Å²) in [5.41, 5.74) is 3.06. The van der Waals surface area contributed by atoms with Gasteiger partial charge in [0.1, 0.15) is 5.60 Å². The first-order chi connectivity index (χ1) is 14.7. The van der Waals surface area contributed by atoms with Gasteiger partial charge >= 0.3 is 6.09 Å². The summed E-state index contributed by atoms with van der Waals surface area (Å²) in [5.74, 6) is -0.0959. The van der Waals surface area contributed by atoms with Gasteiger partial charge in [-0.3, -0.25) is 9.69 Å². The number of benzene rings is 1. The molecule has 1 fully saturated rings. The van der Waals surface area contributed by atoms with E-state index in [0.717, 1.165) is 44.6 Å². The Morgan fingerprint density at radius 2 is 1.90 bits per heavy atom. The van der Waals surface area contributed by atoms with E-state index in [-0.39, 0.29) is 18.0 Å². The predicted octanol–water partition coefficient (Wildman–Crippen LogP) is 3.99. The molecular weight excluding hydrogens is 412 g/mol. The number of thiazole rings is 1. The van der Waals surface area contributed by atoms with Crippen LogP contribution in [0.5, 0.6) is 0 Å². The fourth-order valence-electron chi connectivity index (χ4n) is 3.54. The van der Waals surface area contributed by atoms with Crippen LogP contribution in [0.2, 0.25) is 0 Å². The third-order valence-electron chi connectivity index (χ3n) is 4.93. The SMILES string of the molecule is CC(=O)Nc1nc(CCc2ccc(CN3CCC(NC(=O)OC(C)(C)C)C3)cc2)cs1. The van der Waals surface area contributed by atoms with Crippen molar-refractivity contribution in [1.29, 1.82) is 0 Å². The van der Waals surface area contributed by atoms with Crippen molar-refractivity contribution < 1.29 is 14.3 Å². The predicted molar refractivity (Wildman–Crippen MR) is 123 cm³/mol. The van der Waals surface area contributed by atoms with Gasteiger partial charge in [-0.15, -0.1) is 11.3 Å². The number of nitrogens with zero attached hydrogens (tertiary/aromatic N) is 2. The molecule has 0 spiro atoms. The second-order valence-electron chi connectivity index (χ2n) is 9.01. The fourth-order valence-corrected chi connectivity index (χ4v) is 4.33. The van der Waals surface area contributed by atoms with Crippen molar-refractivity contribution in [2.45, 2.75) is 65.1 Å². The number of aryl methyl sites for hydroxylation is 2. The van der Waals surface area contributed by atoms with Crippen molar-refractivity contribution in [3.05, 3.63) is 46.5 Å². The lowest BCUT2D eigenvalue weighted by molar-refractivity contribution is -0.114. The standard InChI is InChI=1S/C23H32N4O3S/c1-16(28)24-21-25-20(15-31-21)10-9-17-5-7-18(8-6-17)13-27-12-11-19(14-27)26-22(29)30-23(2,3)4/h5-8,15,19H,9-14H2,1-4H3,(H,26,29)(H,24,25,28). The molecule has 2 aromatic rings. The smallest absolute Gasteiger partial charge is 0.407 e. The molecule has 0 radical (unpaired) electrons. The van der Waals surface area contributed by atoms with E-state index >= 15 is 0 Å². The number of anilines is 1. The van der Waals surface area contributed by atoms with Crippen LogP contribution in [0.15, 0.2) is 29.6 Å². The number of ether oxygens (including phenoxy) is 1. The lowest BCUT2D eigenvalue weighted by atomic mass is 10.1. The number of likely N-dealkylation sites (tertiary alicyclic amines) is 1. The number of aromatic nitrogens is 1. The molecule has 0 saturated carbocycles. The Bertz CT molecular complexity index is 889. The summed E-state index contributed by atoms with van der Waals surface area (Å²) in [6.45, 7) is 9.77. The summed E-state index contributed by atoms with van der Waals surface area (Å²) < 4.78 is 5.35. The monoisotopic (exact) mass is 444 g/mol. The number of hydrogen-bond acceptors (Lipinski definition) is 6. The second-order valence-corrected chi connectivity index (χ2v) is 9.87. The normalized spacial score (nSPS) is 16.8. The zero-order chi connectivity index (χ0) is 22.4. The van der Waals surface area contributed by atoms with E-state index in [0.29, 0.717) is 5.13 Å². The van der Waals surface area contributed by atoms with Gasteiger partial charge in [-0.05, 0) is 51.2 Å². The minimum absolute atomic E-state index is 0.0959. The third-order valence-corrected chi connectivity index (χ3v) is 5.73. The molecule has 1 unspecified atom stereocenters. The number of rotatable bonds is 7. The van der Waals surface area contributed by atoms with Crippen LogP contribution in [0.4, 0.5) is 9.93 Å². The van der Waals surface area contributed by atoms with Crippen LogP contribution < -0.4 is 10.6 Å². The third kappa shape index (κ3) is 7.95. The summed E-state index contributed by atoms with van der Waals surface area (Å²) in [7, 11) is 0. The van der Waals surface area contributed by atoms with E-state index in [2.05, 4.69) is 44.8 Å². The molecule has 2 heterocycles. The lowest BCUT2D eigenvalue weighted by Crippen LogP contribution is -2.40. The largest absolute Gasteiger partial charge is 0.444 e. The van der Waals surface area contributed by atoms with Crippen molar-refractivity contribution in [2.75, 3.05) is 18.4 Å². The van der Waals surface area contributed by atoms with Crippen LogP contribution >= 0.6 is 11.3 Å². The molecule has 1 aliphatic heterocycles. The molecule has 168 valence electrons. The summed E-state index contributed by atoms with van der Waals surface area (Å²) in [5, 5.41) is 8.35. The molecule has 3 rings (SSSR count). The van der Waals surface area contributed by atoms with Gasteiger partial charge in [0.2, 0.25) is 5.91 Å². The molecule has 1 atom stereocenters. The maximum atomic E-state index is 12.0. The van der Waals surface area contributed by atoms with Crippen LogP contribution in [0.3, 0.4) is 0 Å². The Morgan fingerprint density at radius 1 is 1.19 bits per heavy atom. The lowest BCUT2D eigenvalue weighted by Gasteiger charge is -2.22. The highest BCUT2D eigenvalue weighted by molar-refractivity contribution is 7.13. The molecule has 2 N–H and O–H groups in total. The summed E-state index contributed by atoms with van der Waals surface area (Å²) >= 11 is 1.46. The van der Waals surface area contributed by atoms with E-state index in [4.69, 9.17) is 4.74 Å². The van der Waals surface area contributed by atoms with Gasteiger partial charge < -0.3 is 15.4 Å². The average Bonchev–Trinajstić information content (AvgIpc) is 3.28. The number of nitrogens with one attached hydrogen (secondary N) is 2. The summed E-state index contributed by atoms with van der Waals surface area (Å²) in [6, 6.07) is 8.82. The fraction of sp³-hybridized carbons (Fsp3) is 0.522. The average molecular weight is 445 g/mol. The van der Waals surface area contributed by atoms with Gasteiger partial charge in [-0.25, -0.2) is 9.78 Å². The van der Waals surface area contributed by atoms with Crippen molar-refractivity contribution in [2.24, 2.45) is 0 Å². The van der Waals surface area contributed by atoms with Crippen LogP contribution in [0.25, 0.3) is 0 Å². The molecule has 8 heteroatoms. The minimum Gasteiger partial charge on any atom is -0.444 e. The number of hydrogen-bond donors (Lipinski definition) is 2. The number of alkyl carbamates (subject to hydrolysis) is 1. The molecule has 0 aliphatic carbocycles. The molecule has 1 aromatic carbocycles. The Morgan fingerprint density at radius 3 is 2.58 bits per heavy atom. The number of amides is 2. The molecular formula is C23H32N4O3S. The zero-order valence-corrected chi connectivity index (χ0v) is 19.6. The van der Waals surface area contributed by atoms with Gasteiger partial charge in [0.25, 0.3) is 0 Å². The van der Waals surface area contributed by atoms with E-state index in [1.165, 1.54) is 29.4 Å². The molecule has 1 saturated heterocycles. The first-order valence-corrected chi connectivity index (χ1v) is 11.6. The summed E-state index contributed by atoms with van der Waals surface area (Å²) in [4.78, 5) is 29.9. The van der Waals surface area contributed by atoms with E-state index in [1.54, 1.807) is 0 Å². The highest BCUT2D eigenvalue weighted by atomic mass is 32.1. The first kappa shape index (κ1) is 23.2. The Hall–Kier alpha value is -2.45. The van der Waals surface area contributed by atoms with Crippen LogP contribution in [-0.4, -0.2) is 46.6 Å². The Balaban J connectivity index is 1.42. The van der Waals surface area contributed by atoms with Gasteiger partial charge in [-0.2, -0.15) is 0 Å². The molecule has 31 heavy (non-hydrogen) atoms. The van der Waals surface area contributed by atoms with Gasteiger partial charge in [0.05, 0.1) is 5.69 Å². The molecule has 1 aromatic heterocycles. The van der Waals surface area contributed by atoms with Crippen molar-refractivity contribution in [3.63, 3.8) is 0 Å².